The summed E-state index contributed by atoms with van der Waals surface area (Å²) >= 11 is 0. The fourth-order valence-electron chi connectivity index (χ4n) is 3.10. The molecule has 0 radical (unpaired) electrons. The number of nitrogens with zero attached hydrogens (tertiary/aromatic N) is 2. The first kappa shape index (κ1) is 16.2. The lowest BCUT2D eigenvalue weighted by atomic mass is 9.96. The highest BCUT2D eigenvalue weighted by Gasteiger charge is 2.19. The van der Waals surface area contributed by atoms with E-state index in [1.54, 1.807) is 0 Å². The summed E-state index contributed by atoms with van der Waals surface area (Å²) in [7, 11) is 0. The van der Waals surface area contributed by atoms with Gasteiger partial charge in [0.1, 0.15) is 0 Å². The molecule has 2 heterocycles. The maximum Gasteiger partial charge on any atom is 0.0594 e. The standard InChI is InChI=1S/C16H33N3O/c1-15(2)13-17-14-16-3-5-18(6-4-16)7-8-19-9-11-20-12-10-19/h15-17H,3-14H2,1-2H3. The van der Waals surface area contributed by atoms with Gasteiger partial charge in [-0.2, -0.15) is 0 Å². The van der Waals surface area contributed by atoms with Crippen molar-refractivity contribution in [2.45, 2.75) is 26.7 Å². The molecule has 0 spiro atoms. The third kappa shape index (κ3) is 6.08. The van der Waals surface area contributed by atoms with Crippen LogP contribution in [0.25, 0.3) is 0 Å². The first-order chi connectivity index (χ1) is 9.74. The van der Waals surface area contributed by atoms with Gasteiger partial charge in [0, 0.05) is 26.2 Å². The first-order valence-corrected chi connectivity index (χ1v) is 8.47. The summed E-state index contributed by atoms with van der Waals surface area (Å²) in [5.74, 6) is 1.66. The SMILES string of the molecule is CC(C)CNCC1CCN(CCN2CCOCC2)CC1. The van der Waals surface area contributed by atoms with Crippen LogP contribution in [0.2, 0.25) is 0 Å². The van der Waals surface area contributed by atoms with Crippen molar-refractivity contribution in [3.8, 4) is 0 Å². The fourth-order valence-corrected chi connectivity index (χ4v) is 3.10. The van der Waals surface area contributed by atoms with Crippen LogP contribution in [0.5, 0.6) is 0 Å². The van der Waals surface area contributed by atoms with E-state index in [1.165, 1.54) is 45.6 Å². The van der Waals surface area contributed by atoms with Crippen LogP contribution >= 0.6 is 0 Å². The van der Waals surface area contributed by atoms with Crippen molar-refractivity contribution >= 4 is 0 Å². The van der Waals surface area contributed by atoms with E-state index in [1.807, 2.05) is 0 Å². The number of nitrogens with one attached hydrogen (secondary N) is 1. The Labute approximate surface area is 124 Å². The Morgan fingerprint density at radius 3 is 2.20 bits per heavy atom. The van der Waals surface area contributed by atoms with Crippen LogP contribution in [0.15, 0.2) is 0 Å². The van der Waals surface area contributed by atoms with Gasteiger partial charge in [-0.25, -0.2) is 0 Å². The molecule has 2 saturated heterocycles. The van der Waals surface area contributed by atoms with Gasteiger partial charge in [0.25, 0.3) is 0 Å². The number of likely N-dealkylation sites (tertiary alicyclic amines) is 1. The zero-order valence-electron chi connectivity index (χ0n) is 13.4. The normalized spacial score (nSPS) is 23.6. The van der Waals surface area contributed by atoms with E-state index in [0.29, 0.717) is 0 Å². The Kier molecular flexibility index (Phi) is 7.28. The van der Waals surface area contributed by atoms with Gasteiger partial charge in [0.2, 0.25) is 0 Å². The summed E-state index contributed by atoms with van der Waals surface area (Å²) in [5.41, 5.74) is 0. The third-order valence-electron chi connectivity index (χ3n) is 4.53. The van der Waals surface area contributed by atoms with Crippen molar-refractivity contribution in [1.29, 1.82) is 0 Å². The number of rotatable bonds is 7. The summed E-state index contributed by atoms with van der Waals surface area (Å²) in [6.07, 6.45) is 2.74. The molecule has 0 unspecified atom stereocenters. The fraction of sp³-hybridized carbons (Fsp3) is 1.00. The molecule has 0 aromatic carbocycles. The van der Waals surface area contributed by atoms with Crippen LogP contribution in [0, 0.1) is 11.8 Å². The van der Waals surface area contributed by atoms with E-state index < -0.39 is 0 Å². The van der Waals surface area contributed by atoms with Gasteiger partial charge < -0.3 is 15.0 Å². The number of ether oxygens (including phenoxy) is 1. The molecule has 4 heteroatoms. The maximum atomic E-state index is 5.40. The molecule has 0 atom stereocenters. The van der Waals surface area contributed by atoms with Crippen molar-refractivity contribution in [3.63, 3.8) is 0 Å². The summed E-state index contributed by atoms with van der Waals surface area (Å²) in [6, 6.07) is 0. The molecule has 2 aliphatic heterocycles. The van der Waals surface area contributed by atoms with Crippen molar-refractivity contribution in [2.24, 2.45) is 11.8 Å². The summed E-state index contributed by atoms with van der Waals surface area (Å²) in [6.45, 7) is 16.1. The largest absolute Gasteiger partial charge is 0.379 e. The average molecular weight is 283 g/mol. The second-order valence-corrected chi connectivity index (χ2v) is 6.79. The van der Waals surface area contributed by atoms with Crippen LogP contribution in [0.3, 0.4) is 0 Å². The molecule has 1 N–H and O–H groups in total. The van der Waals surface area contributed by atoms with E-state index in [2.05, 4.69) is 29.0 Å². The zero-order valence-corrected chi connectivity index (χ0v) is 13.4. The van der Waals surface area contributed by atoms with Crippen LogP contribution in [-0.2, 0) is 4.74 Å². The predicted molar refractivity (Wildman–Crippen MR) is 84.1 cm³/mol. The zero-order chi connectivity index (χ0) is 14.2. The van der Waals surface area contributed by atoms with Gasteiger partial charge in [0.05, 0.1) is 13.2 Å². The highest BCUT2D eigenvalue weighted by atomic mass is 16.5. The lowest BCUT2D eigenvalue weighted by Crippen LogP contribution is -2.44. The van der Waals surface area contributed by atoms with Gasteiger partial charge in [-0.1, -0.05) is 13.8 Å². The van der Waals surface area contributed by atoms with E-state index >= 15 is 0 Å². The number of hydrogen-bond acceptors (Lipinski definition) is 4. The molecule has 0 aromatic rings. The topological polar surface area (TPSA) is 27.7 Å². The summed E-state index contributed by atoms with van der Waals surface area (Å²) < 4.78 is 5.40. The molecule has 0 amide bonds. The Balaban J connectivity index is 1.52. The van der Waals surface area contributed by atoms with Crippen molar-refractivity contribution in [2.75, 3.05) is 65.6 Å². The van der Waals surface area contributed by atoms with Crippen LogP contribution in [0.4, 0.5) is 0 Å². The van der Waals surface area contributed by atoms with Crippen molar-refractivity contribution in [3.05, 3.63) is 0 Å². The van der Waals surface area contributed by atoms with Gasteiger partial charge in [-0.3, -0.25) is 4.90 Å². The van der Waals surface area contributed by atoms with E-state index in [0.717, 1.165) is 44.7 Å². The minimum atomic E-state index is 0.767. The predicted octanol–water partition coefficient (Wildman–Crippen LogP) is 1.28. The molecule has 0 bridgehead atoms. The Hall–Kier alpha value is -0.160. The third-order valence-corrected chi connectivity index (χ3v) is 4.53. The molecule has 0 aromatic heterocycles. The first-order valence-electron chi connectivity index (χ1n) is 8.47. The van der Waals surface area contributed by atoms with E-state index in [9.17, 15) is 0 Å². The van der Waals surface area contributed by atoms with Crippen LogP contribution in [-0.4, -0.2) is 75.4 Å². The molecule has 0 aliphatic carbocycles. The van der Waals surface area contributed by atoms with E-state index in [-0.39, 0.29) is 0 Å². The Morgan fingerprint density at radius 1 is 1.00 bits per heavy atom. The van der Waals surface area contributed by atoms with Crippen molar-refractivity contribution in [1.82, 2.24) is 15.1 Å². The quantitative estimate of drug-likeness (QED) is 0.762. The molecule has 20 heavy (non-hydrogen) atoms. The van der Waals surface area contributed by atoms with Crippen molar-refractivity contribution < 1.29 is 4.74 Å². The molecule has 2 aliphatic rings. The van der Waals surface area contributed by atoms with Gasteiger partial charge in [-0.05, 0) is 50.9 Å². The van der Waals surface area contributed by atoms with Gasteiger partial charge in [0.15, 0.2) is 0 Å². The van der Waals surface area contributed by atoms with Gasteiger partial charge in [-0.15, -0.1) is 0 Å². The molecule has 2 rings (SSSR count). The minimum Gasteiger partial charge on any atom is -0.379 e. The van der Waals surface area contributed by atoms with Gasteiger partial charge >= 0.3 is 0 Å². The number of hydrogen-bond donors (Lipinski definition) is 1. The molecular weight excluding hydrogens is 250 g/mol. The lowest BCUT2D eigenvalue weighted by molar-refractivity contribution is 0.0314. The average Bonchev–Trinajstić information content (AvgIpc) is 2.47. The molecule has 4 nitrogen and oxygen atoms in total. The highest BCUT2D eigenvalue weighted by Crippen LogP contribution is 2.16. The lowest BCUT2D eigenvalue weighted by Gasteiger charge is -2.34. The number of morpholine rings is 1. The molecular formula is C16H33N3O. The minimum absolute atomic E-state index is 0.767. The summed E-state index contributed by atoms with van der Waals surface area (Å²) in [4.78, 5) is 5.19. The number of piperidine rings is 1. The second-order valence-electron chi connectivity index (χ2n) is 6.79. The Morgan fingerprint density at radius 2 is 1.60 bits per heavy atom. The smallest absolute Gasteiger partial charge is 0.0594 e. The van der Waals surface area contributed by atoms with Crippen LogP contribution in [0.1, 0.15) is 26.7 Å². The molecule has 2 fully saturated rings. The monoisotopic (exact) mass is 283 g/mol. The van der Waals surface area contributed by atoms with Crippen LogP contribution < -0.4 is 5.32 Å². The second kappa shape index (κ2) is 8.98. The molecule has 118 valence electrons. The summed E-state index contributed by atoms with van der Waals surface area (Å²) in [5, 5.41) is 3.61. The maximum absolute atomic E-state index is 5.40. The highest BCUT2D eigenvalue weighted by molar-refractivity contribution is 4.75. The Bertz CT molecular complexity index is 246. The van der Waals surface area contributed by atoms with E-state index in [4.69, 9.17) is 4.74 Å². The molecule has 0 saturated carbocycles.